The molecule has 0 bridgehead atoms. The monoisotopic (exact) mass is 504 g/mol. The predicted molar refractivity (Wildman–Crippen MR) is 124 cm³/mol. The number of ether oxygens (including phenoxy) is 1. The highest BCUT2D eigenvalue weighted by molar-refractivity contribution is 7.87. The molecular formula is C24H24O8S2. The Hall–Kier alpha value is -3.05. The number of hydrogen-bond donors (Lipinski definition) is 0. The van der Waals surface area contributed by atoms with Gasteiger partial charge in [0.2, 0.25) is 0 Å². The molecule has 0 radical (unpaired) electrons. The molecule has 180 valence electrons. The number of carbonyl (C=O) groups excluding carboxylic acids is 1. The van der Waals surface area contributed by atoms with Crippen LogP contribution in [0.3, 0.4) is 0 Å². The standard InChI is InChI=1S/C24H24O8S2/c1-18-8-12-22(13-9-18)33(26,27)31-17-21(16-30-24(25)20-6-4-3-5-7-20)32-34(28,29)23-14-10-19(2)11-15-23/h3-15,21H,16-17H2,1-2H3. The van der Waals surface area contributed by atoms with Crippen LogP contribution in [-0.2, 0) is 33.3 Å². The smallest absolute Gasteiger partial charge is 0.338 e. The van der Waals surface area contributed by atoms with Gasteiger partial charge in [0.15, 0.2) is 0 Å². The van der Waals surface area contributed by atoms with E-state index in [4.69, 9.17) is 13.1 Å². The Morgan fingerprint density at radius 2 is 1.21 bits per heavy atom. The van der Waals surface area contributed by atoms with Crippen molar-refractivity contribution in [2.24, 2.45) is 0 Å². The van der Waals surface area contributed by atoms with Gasteiger partial charge in [-0.2, -0.15) is 16.8 Å². The van der Waals surface area contributed by atoms with Crippen molar-refractivity contribution in [1.29, 1.82) is 0 Å². The summed E-state index contributed by atoms with van der Waals surface area (Å²) in [5.41, 5.74) is 1.95. The molecule has 0 saturated carbocycles. The molecule has 0 saturated heterocycles. The molecule has 0 N–H and O–H groups in total. The van der Waals surface area contributed by atoms with Gasteiger partial charge in [-0.15, -0.1) is 0 Å². The van der Waals surface area contributed by atoms with E-state index in [1.807, 2.05) is 0 Å². The van der Waals surface area contributed by atoms with Crippen molar-refractivity contribution in [2.45, 2.75) is 29.7 Å². The Labute approximate surface area is 199 Å². The highest BCUT2D eigenvalue weighted by Gasteiger charge is 2.26. The molecule has 3 rings (SSSR count). The molecule has 0 spiro atoms. The lowest BCUT2D eigenvalue weighted by Gasteiger charge is -2.18. The second-order valence-electron chi connectivity index (χ2n) is 7.50. The first kappa shape index (κ1) is 25.6. The number of benzene rings is 3. The minimum atomic E-state index is -4.29. The van der Waals surface area contributed by atoms with Gasteiger partial charge in [-0.1, -0.05) is 53.6 Å². The summed E-state index contributed by atoms with van der Waals surface area (Å²) in [6.07, 6.45) is -1.42. The Bertz CT molecular complexity index is 1320. The Morgan fingerprint density at radius 3 is 1.74 bits per heavy atom. The zero-order valence-corrected chi connectivity index (χ0v) is 20.2. The first-order valence-electron chi connectivity index (χ1n) is 10.2. The van der Waals surface area contributed by atoms with Crippen LogP contribution in [0.15, 0.2) is 88.7 Å². The van der Waals surface area contributed by atoms with Crippen molar-refractivity contribution < 1.29 is 34.7 Å². The summed E-state index contributed by atoms with van der Waals surface area (Å²) in [4.78, 5) is 12.1. The average molecular weight is 505 g/mol. The van der Waals surface area contributed by atoms with Gasteiger partial charge in [0.05, 0.1) is 22.0 Å². The molecule has 0 aliphatic rings. The van der Waals surface area contributed by atoms with E-state index in [9.17, 15) is 21.6 Å². The summed E-state index contributed by atoms with van der Waals surface area (Å²) in [5, 5.41) is 0. The summed E-state index contributed by atoms with van der Waals surface area (Å²) >= 11 is 0. The molecule has 3 aromatic carbocycles. The van der Waals surface area contributed by atoms with Gasteiger partial charge in [0, 0.05) is 0 Å². The predicted octanol–water partition coefficient (Wildman–Crippen LogP) is 3.64. The minimum Gasteiger partial charge on any atom is -0.459 e. The van der Waals surface area contributed by atoms with Crippen LogP contribution in [0.5, 0.6) is 0 Å². The van der Waals surface area contributed by atoms with Crippen molar-refractivity contribution in [3.8, 4) is 0 Å². The molecule has 0 amide bonds. The summed E-state index contributed by atoms with van der Waals surface area (Å²) in [6, 6.07) is 19.9. The molecule has 0 aliphatic heterocycles. The highest BCUT2D eigenvalue weighted by atomic mass is 32.2. The van der Waals surface area contributed by atoms with Crippen LogP contribution in [0.1, 0.15) is 21.5 Å². The molecule has 10 heteroatoms. The van der Waals surface area contributed by atoms with Crippen molar-refractivity contribution in [2.75, 3.05) is 13.2 Å². The normalized spacial score (nSPS) is 12.8. The van der Waals surface area contributed by atoms with Crippen molar-refractivity contribution in [3.63, 3.8) is 0 Å². The van der Waals surface area contributed by atoms with Crippen molar-refractivity contribution in [1.82, 2.24) is 0 Å². The fourth-order valence-corrected chi connectivity index (χ4v) is 4.79. The molecule has 8 nitrogen and oxygen atoms in total. The lowest BCUT2D eigenvalue weighted by Crippen LogP contribution is -2.31. The van der Waals surface area contributed by atoms with E-state index in [0.29, 0.717) is 0 Å². The molecule has 1 unspecified atom stereocenters. The van der Waals surface area contributed by atoms with E-state index < -0.39 is 45.5 Å². The number of esters is 1. The van der Waals surface area contributed by atoms with Gasteiger partial charge in [-0.25, -0.2) is 4.79 Å². The summed E-state index contributed by atoms with van der Waals surface area (Å²) in [7, 11) is -8.50. The first-order chi connectivity index (χ1) is 16.1. The quantitative estimate of drug-likeness (QED) is 0.304. The molecule has 0 aliphatic carbocycles. The highest BCUT2D eigenvalue weighted by Crippen LogP contribution is 2.18. The van der Waals surface area contributed by atoms with Gasteiger partial charge in [-0.05, 0) is 50.2 Å². The third kappa shape index (κ3) is 6.97. The lowest BCUT2D eigenvalue weighted by atomic mass is 10.2. The van der Waals surface area contributed by atoms with Gasteiger partial charge in [0.25, 0.3) is 20.2 Å². The van der Waals surface area contributed by atoms with E-state index in [1.165, 1.54) is 36.4 Å². The third-order valence-corrected chi connectivity index (χ3v) is 7.37. The van der Waals surface area contributed by atoms with Crippen LogP contribution in [0.25, 0.3) is 0 Å². The maximum Gasteiger partial charge on any atom is 0.338 e. The van der Waals surface area contributed by atoms with E-state index in [2.05, 4.69) is 0 Å². The van der Waals surface area contributed by atoms with Crippen LogP contribution in [0.2, 0.25) is 0 Å². The summed E-state index contributed by atoms with van der Waals surface area (Å²) in [6.45, 7) is 2.36. The number of carbonyl (C=O) groups is 1. The molecule has 3 aromatic rings. The number of hydrogen-bond acceptors (Lipinski definition) is 8. The fraction of sp³-hybridized carbons (Fsp3) is 0.208. The zero-order valence-electron chi connectivity index (χ0n) is 18.6. The number of aryl methyl sites for hydroxylation is 2. The minimum absolute atomic E-state index is 0.0977. The van der Waals surface area contributed by atoms with Crippen LogP contribution in [0, 0.1) is 13.8 Å². The van der Waals surface area contributed by atoms with Crippen LogP contribution in [0.4, 0.5) is 0 Å². The molecule has 0 aromatic heterocycles. The second-order valence-corrected chi connectivity index (χ2v) is 10.7. The Morgan fingerprint density at radius 1 is 0.706 bits per heavy atom. The lowest BCUT2D eigenvalue weighted by molar-refractivity contribution is 0.0232. The fourth-order valence-electron chi connectivity index (χ4n) is 2.81. The average Bonchev–Trinajstić information content (AvgIpc) is 2.81. The van der Waals surface area contributed by atoms with E-state index >= 15 is 0 Å². The number of rotatable bonds is 10. The van der Waals surface area contributed by atoms with Gasteiger partial charge in [0.1, 0.15) is 12.7 Å². The maximum absolute atomic E-state index is 12.7. The molecule has 1 atom stereocenters. The summed E-state index contributed by atoms with van der Waals surface area (Å²) < 4.78 is 66.0. The Balaban J connectivity index is 1.77. The van der Waals surface area contributed by atoms with Crippen LogP contribution in [-0.4, -0.2) is 42.1 Å². The Kier molecular flexibility index (Phi) is 8.21. The van der Waals surface area contributed by atoms with E-state index in [-0.39, 0.29) is 15.4 Å². The van der Waals surface area contributed by atoms with E-state index in [1.54, 1.807) is 56.3 Å². The molecule has 34 heavy (non-hydrogen) atoms. The SMILES string of the molecule is Cc1ccc(S(=O)(=O)OCC(COC(=O)c2ccccc2)OS(=O)(=O)c2ccc(C)cc2)cc1. The topological polar surface area (TPSA) is 113 Å². The van der Waals surface area contributed by atoms with Crippen molar-refractivity contribution >= 4 is 26.2 Å². The van der Waals surface area contributed by atoms with Crippen molar-refractivity contribution in [3.05, 3.63) is 95.6 Å². The first-order valence-corrected chi connectivity index (χ1v) is 13.1. The maximum atomic E-state index is 12.7. The molecular weight excluding hydrogens is 480 g/mol. The third-order valence-electron chi connectivity index (χ3n) is 4.70. The van der Waals surface area contributed by atoms with Gasteiger partial charge >= 0.3 is 5.97 Å². The second kappa shape index (κ2) is 10.9. The van der Waals surface area contributed by atoms with E-state index in [0.717, 1.165) is 11.1 Å². The summed E-state index contributed by atoms with van der Waals surface area (Å²) in [5.74, 6) is -0.719. The van der Waals surface area contributed by atoms with Crippen LogP contribution >= 0.6 is 0 Å². The molecule has 0 heterocycles. The largest absolute Gasteiger partial charge is 0.459 e. The van der Waals surface area contributed by atoms with Crippen LogP contribution < -0.4 is 0 Å². The van der Waals surface area contributed by atoms with Gasteiger partial charge in [-0.3, -0.25) is 8.37 Å². The molecule has 0 fully saturated rings. The van der Waals surface area contributed by atoms with Gasteiger partial charge < -0.3 is 4.74 Å². The zero-order chi connectivity index (χ0) is 24.8.